The van der Waals surface area contributed by atoms with Gasteiger partial charge in [-0.05, 0) is 25.1 Å². The first kappa shape index (κ1) is 21.8. The number of ether oxygens (including phenoxy) is 4. The zero-order valence-corrected chi connectivity index (χ0v) is 18.7. The van der Waals surface area contributed by atoms with Crippen LogP contribution in [0.5, 0.6) is 28.7 Å². The van der Waals surface area contributed by atoms with Crippen LogP contribution in [0, 0.1) is 6.92 Å². The Morgan fingerprint density at radius 1 is 0.818 bits per heavy atom. The van der Waals surface area contributed by atoms with Crippen LogP contribution in [-0.2, 0) is 0 Å². The molecule has 4 aromatic rings. The smallest absolute Gasteiger partial charge is 0.203 e. The van der Waals surface area contributed by atoms with Gasteiger partial charge in [0.1, 0.15) is 23.6 Å². The van der Waals surface area contributed by atoms with Gasteiger partial charge in [-0.2, -0.15) is 0 Å². The summed E-state index contributed by atoms with van der Waals surface area (Å²) in [6.45, 7) is 1.92. The number of nitrogens with one attached hydrogen (secondary N) is 1. The Balaban J connectivity index is 1.62. The van der Waals surface area contributed by atoms with Gasteiger partial charge >= 0.3 is 0 Å². The molecule has 168 valence electrons. The Morgan fingerprint density at radius 2 is 1.55 bits per heavy atom. The first-order valence-corrected chi connectivity index (χ1v) is 10.0. The van der Waals surface area contributed by atoms with Crippen LogP contribution in [0.2, 0.25) is 0 Å². The number of anilines is 2. The fourth-order valence-electron chi connectivity index (χ4n) is 3.23. The van der Waals surface area contributed by atoms with Crippen LogP contribution in [0.15, 0.2) is 61.3 Å². The van der Waals surface area contributed by atoms with Gasteiger partial charge in [0.15, 0.2) is 17.2 Å². The number of hydrogen-bond acceptors (Lipinski definition) is 9. The van der Waals surface area contributed by atoms with Crippen molar-refractivity contribution in [2.75, 3.05) is 26.6 Å². The molecule has 0 aliphatic rings. The molecule has 0 spiro atoms. The van der Waals surface area contributed by atoms with E-state index in [9.17, 15) is 0 Å². The average molecular weight is 445 g/mol. The van der Waals surface area contributed by atoms with Gasteiger partial charge in [-0.25, -0.2) is 19.9 Å². The molecular formula is C24H23N5O4. The van der Waals surface area contributed by atoms with Gasteiger partial charge in [0.25, 0.3) is 0 Å². The van der Waals surface area contributed by atoms with Crippen molar-refractivity contribution < 1.29 is 18.9 Å². The fourth-order valence-corrected chi connectivity index (χ4v) is 3.23. The standard InChI is InChI=1S/C24H23N5O4/c1-15-5-6-19(23(28-15)16-12-25-14-26-13-16)33-18-7-8-27-22(11-18)29-17-9-20(30-2)24(32-4)21(10-17)31-3/h5-14H,1-4H3,(H,27,29). The summed E-state index contributed by atoms with van der Waals surface area (Å²) < 4.78 is 22.4. The minimum Gasteiger partial charge on any atom is -0.493 e. The molecule has 0 fully saturated rings. The monoisotopic (exact) mass is 445 g/mol. The van der Waals surface area contributed by atoms with Crippen molar-refractivity contribution in [3.63, 3.8) is 0 Å². The molecular weight excluding hydrogens is 422 g/mol. The Morgan fingerprint density at radius 3 is 2.21 bits per heavy atom. The van der Waals surface area contributed by atoms with E-state index in [0.29, 0.717) is 45.9 Å². The van der Waals surface area contributed by atoms with Crippen molar-refractivity contribution in [3.8, 4) is 40.0 Å². The number of aryl methyl sites for hydroxylation is 1. The zero-order valence-electron chi connectivity index (χ0n) is 18.7. The molecule has 0 amide bonds. The number of pyridine rings is 2. The summed E-state index contributed by atoms with van der Waals surface area (Å²) in [5.74, 6) is 3.33. The summed E-state index contributed by atoms with van der Waals surface area (Å²) in [6, 6.07) is 10.9. The predicted octanol–water partition coefficient (Wildman–Crippen LogP) is 4.80. The molecule has 0 saturated heterocycles. The number of nitrogens with zero attached hydrogens (tertiary/aromatic N) is 4. The predicted molar refractivity (Wildman–Crippen MR) is 124 cm³/mol. The summed E-state index contributed by atoms with van der Waals surface area (Å²) in [5.41, 5.74) is 3.00. The molecule has 3 heterocycles. The second-order valence-corrected chi connectivity index (χ2v) is 6.94. The van der Waals surface area contributed by atoms with Crippen molar-refractivity contribution in [1.82, 2.24) is 19.9 Å². The van der Waals surface area contributed by atoms with Crippen LogP contribution in [0.1, 0.15) is 5.69 Å². The topological polar surface area (TPSA) is 101 Å². The largest absolute Gasteiger partial charge is 0.493 e. The molecule has 9 nitrogen and oxygen atoms in total. The molecule has 0 aliphatic heterocycles. The van der Waals surface area contributed by atoms with E-state index in [0.717, 1.165) is 11.3 Å². The van der Waals surface area contributed by atoms with E-state index in [1.165, 1.54) is 6.33 Å². The van der Waals surface area contributed by atoms with E-state index in [1.807, 2.05) is 19.1 Å². The Kier molecular flexibility index (Phi) is 6.49. The van der Waals surface area contributed by atoms with Crippen LogP contribution in [0.25, 0.3) is 11.3 Å². The molecule has 0 radical (unpaired) electrons. The quantitative estimate of drug-likeness (QED) is 0.410. The normalized spacial score (nSPS) is 10.4. The van der Waals surface area contributed by atoms with Crippen molar-refractivity contribution in [2.45, 2.75) is 6.92 Å². The maximum Gasteiger partial charge on any atom is 0.203 e. The molecule has 33 heavy (non-hydrogen) atoms. The highest BCUT2D eigenvalue weighted by molar-refractivity contribution is 5.68. The lowest BCUT2D eigenvalue weighted by Gasteiger charge is -2.15. The van der Waals surface area contributed by atoms with E-state index >= 15 is 0 Å². The number of aromatic nitrogens is 4. The molecule has 1 aromatic carbocycles. The van der Waals surface area contributed by atoms with Crippen molar-refractivity contribution >= 4 is 11.5 Å². The Hall–Kier alpha value is -4.40. The number of hydrogen-bond donors (Lipinski definition) is 1. The summed E-state index contributed by atoms with van der Waals surface area (Å²) in [6.07, 6.45) is 6.53. The molecule has 0 unspecified atom stereocenters. The minimum atomic E-state index is 0.514. The van der Waals surface area contributed by atoms with Crippen LogP contribution in [-0.4, -0.2) is 41.3 Å². The Labute approximate surface area is 191 Å². The summed E-state index contributed by atoms with van der Waals surface area (Å²) in [5, 5.41) is 3.24. The molecule has 1 N–H and O–H groups in total. The molecule has 0 atom stereocenters. The summed E-state index contributed by atoms with van der Waals surface area (Å²) in [4.78, 5) is 17.2. The number of benzene rings is 1. The fraction of sp³-hybridized carbons (Fsp3) is 0.167. The number of rotatable bonds is 8. The lowest BCUT2D eigenvalue weighted by atomic mass is 10.2. The van der Waals surface area contributed by atoms with E-state index < -0.39 is 0 Å². The van der Waals surface area contributed by atoms with Gasteiger partial charge in [0.2, 0.25) is 5.75 Å². The Bertz CT molecular complexity index is 1230. The average Bonchev–Trinajstić information content (AvgIpc) is 2.85. The maximum absolute atomic E-state index is 6.16. The van der Waals surface area contributed by atoms with Crippen LogP contribution in [0.4, 0.5) is 11.5 Å². The van der Waals surface area contributed by atoms with E-state index in [-0.39, 0.29) is 0 Å². The first-order valence-electron chi connectivity index (χ1n) is 10.0. The van der Waals surface area contributed by atoms with E-state index in [1.54, 1.807) is 64.2 Å². The van der Waals surface area contributed by atoms with Crippen LogP contribution >= 0.6 is 0 Å². The van der Waals surface area contributed by atoms with Gasteiger partial charge < -0.3 is 24.3 Å². The van der Waals surface area contributed by atoms with Gasteiger partial charge in [-0.3, -0.25) is 0 Å². The number of methoxy groups -OCH3 is 3. The van der Waals surface area contributed by atoms with Gasteiger partial charge in [-0.1, -0.05) is 0 Å². The lowest BCUT2D eigenvalue weighted by Crippen LogP contribution is -1.99. The molecule has 3 aromatic heterocycles. The lowest BCUT2D eigenvalue weighted by molar-refractivity contribution is 0.324. The second-order valence-electron chi connectivity index (χ2n) is 6.94. The minimum absolute atomic E-state index is 0.514. The van der Waals surface area contributed by atoms with Crippen LogP contribution in [0.3, 0.4) is 0 Å². The van der Waals surface area contributed by atoms with Gasteiger partial charge in [-0.15, -0.1) is 0 Å². The highest BCUT2D eigenvalue weighted by atomic mass is 16.5. The molecule has 0 saturated carbocycles. The molecule has 9 heteroatoms. The second kappa shape index (κ2) is 9.82. The SMILES string of the molecule is COc1cc(Nc2cc(Oc3ccc(C)nc3-c3cncnc3)ccn2)cc(OC)c1OC. The third-order valence-corrected chi connectivity index (χ3v) is 4.73. The van der Waals surface area contributed by atoms with Crippen molar-refractivity contribution in [2.24, 2.45) is 0 Å². The third kappa shape index (κ3) is 4.93. The zero-order chi connectivity index (χ0) is 23.2. The third-order valence-electron chi connectivity index (χ3n) is 4.73. The first-order chi connectivity index (χ1) is 16.1. The highest BCUT2D eigenvalue weighted by Crippen LogP contribution is 2.40. The van der Waals surface area contributed by atoms with Gasteiger partial charge in [0, 0.05) is 53.7 Å². The maximum atomic E-state index is 6.16. The van der Waals surface area contributed by atoms with Crippen molar-refractivity contribution in [1.29, 1.82) is 0 Å². The van der Waals surface area contributed by atoms with E-state index in [2.05, 4.69) is 25.3 Å². The highest BCUT2D eigenvalue weighted by Gasteiger charge is 2.14. The van der Waals surface area contributed by atoms with Gasteiger partial charge in [0.05, 0.1) is 21.3 Å². The summed E-state index contributed by atoms with van der Waals surface area (Å²) >= 11 is 0. The van der Waals surface area contributed by atoms with Crippen LogP contribution < -0.4 is 24.3 Å². The summed E-state index contributed by atoms with van der Waals surface area (Å²) in [7, 11) is 4.70. The molecule has 0 aliphatic carbocycles. The molecule has 4 rings (SSSR count). The van der Waals surface area contributed by atoms with Crippen molar-refractivity contribution in [3.05, 3.63) is 67.0 Å². The van der Waals surface area contributed by atoms with E-state index in [4.69, 9.17) is 18.9 Å². The molecule has 0 bridgehead atoms.